The van der Waals surface area contributed by atoms with E-state index in [1.54, 1.807) is 0 Å². The van der Waals surface area contributed by atoms with Crippen LogP contribution in [0.4, 0.5) is 0 Å². The van der Waals surface area contributed by atoms with Crippen LogP contribution in [0.15, 0.2) is 4.99 Å². The number of halogens is 1. The van der Waals surface area contributed by atoms with Gasteiger partial charge in [0.25, 0.3) is 0 Å². The van der Waals surface area contributed by atoms with Gasteiger partial charge in [-0.25, -0.2) is 0 Å². The Morgan fingerprint density at radius 3 is 2.72 bits per heavy atom. The summed E-state index contributed by atoms with van der Waals surface area (Å²) in [5.41, 5.74) is 0. The Kier molecular flexibility index (Phi) is 11.2. The lowest BCUT2D eigenvalue weighted by atomic mass is 10.4. The van der Waals surface area contributed by atoms with Gasteiger partial charge < -0.3 is 15.4 Å². The van der Waals surface area contributed by atoms with E-state index in [9.17, 15) is 0 Å². The first kappa shape index (κ1) is 17.5. The van der Waals surface area contributed by atoms with E-state index >= 15 is 0 Å². The average molecular weight is 366 g/mol. The molecule has 0 radical (unpaired) electrons. The van der Waals surface area contributed by atoms with E-state index < -0.39 is 0 Å². The fourth-order valence-electron chi connectivity index (χ4n) is 1.60. The predicted octanol–water partition coefficient (Wildman–Crippen LogP) is 0.125. The van der Waals surface area contributed by atoms with Crippen molar-refractivity contribution in [1.29, 1.82) is 0 Å². The summed E-state index contributed by atoms with van der Waals surface area (Å²) in [7, 11) is 0. The van der Waals surface area contributed by atoms with Crippen molar-refractivity contribution in [3.63, 3.8) is 0 Å². The van der Waals surface area contributed by atoms with Crippen molar-refractivity contribution in [2.24, 2.45) is 4.99 Å². The highest BCUT2D eigenvalue weighted by molar-refractivity contribution is 14.0. The van der Waals surface area contributed by atoms with E-state index in [1.807, 2.05) is 6.92 Å². The lowest BCUT2D eigenvalue weighted by Gasteiger charge is -2.25. The number of nitrogens with one attached hydrogen (secondary N) is 2. The summed E-state index contributed by atoms with van der Waals surface area (Å²) in [6.07, 6.45) is 5.20. The smallest absolute Gasteiger partial charge is 0.192 e. The first-order valence-electron chi connectivity index (χ1n) is 6.12. The second kappa shape index (κ2) is 11.6. The third-order valence-corrected chi connectivity index (χ3v) is 2.49. The molecular formula is C12H23IN4O. The highest BCUT2D eigenvalue weighted by atomic mass is 127. The number of hydrogen-bond acceptors (Lipinski definition) is 3. The molecule has 0 aromatic carbocycles. The molecule has 0 bridgehead atoms. The highest BCUT2D eigenvalue weighted by Crippen LogP contribution is 1.95. The molecule has 1 heterocycles. The van der Waals surface area contributed by atoms with Gasteiger partial charge in [0.2, 0.25) is 0 Å². The second-order valence-corrected chi connectivity index (χ2v) is 3.77. The standard InChI is InChI=1S/C12H22N4O.HI/c1-3-5-14-12(13-4-2)15-6-7-16-8-10-17-11-9-16;/h1H,4-11H2,2H3,(H2,13,14,15);1H. The van der Waals surface area contributed by atoms with Crippen LogP contribution < -0.4 is 10.6 Å². The zero-order chi connectivity index (χ0) is 12.3. The molecule has 5 nitrogen and oxygen atoms in total. The van der Waals surface area contributed by atoms with Gasteiger partial charge in [-0.05, 0) is 6.92 Å². The maximum absolute atomic E-state index is 5.29. The molecule has 0 saturated carbocycles. The third-order valence-electron chi connectivity index (χ3n) is 2.49. The maximum Gasteiger partial charge on any atom is 0.192 e. The van der Waals surface area contributed by atoms with E-state index in [-0.39, 0.29) is 24.0 Å². The van der Waals surface area contributed by atoms with E-state index in [0.29, 0.717) is 6.54 Å². The van der Waals surface area contributed by atoms with Gasteiger partial charge in [0.1, 0.15) is 0 Å². The summed E-state index contributed by atoms with van der Waals surface area (Å²) >= 11 is 0. The van der Waals surface area contributed by atoms with Gasteiger partial charge in [-0.15, -0.1) is 30.4 Å². The molecule has 6 heteroatoms. The molecule has 2 N–H and O–H groups in total. The number of rotatable bonds is 5. The Morgan fingerprint density at radius 1 is 1.39 bits per heavy atom. The van der Waals surface area contributed by atoms with Crippen LogP contribution in [-0.2, 0) is 4.74 Å². The molecule has 1 aliphatic heterocycles. The van der Waals surface area contributed by atoms with Crippen molar-refractivity contribution in [3.8, 4) is 12.3 Å². The number of morpholine rings is 1. The SMILES string of the molecule is C#CCNC(=NCCN1CCOCC1)NCC.I. The van der Waals surface area contributed by atoms with Gasteiger partial charge in [0.05, 0.1) is 26.3 Å². The first-order valence-corrected chi connectivity index (χ1v) is 6.12. The first-order chi connectivity index (χ1) is 8.36. The van der Waals surface area contributed by atoms with Gasteiger partial charge in [-0.1, -0.05) is 5.92 Å². The molecule has 18 heavy (non-hydrogen) atoms. The summed E-state index contributed by atoms with van der Waals surface area (Å²) in [5.74, 6) is 3.33. The topological polar surface area (TPSA) is 48.9 Å². The van der Waals surface area contributed by atoms with Crippen molar-refractivity contribution in [1.82, 2.24) is 15.5 Å². The summed E-state index contributed by atoms with van der Waals surface area (Å²) < 4.78 is 5.29. The van der Waals surface area contributed by atoms with Crippen LogP contribution in [-0.4, -0.2) is 63.3 Å². The minimum atomic E-state index is 0. The molecule has 0 aromatic rings. The van der Waals surface area contributed by atoms with Crippen molar-refractivity contribution in [3.05, 3.63) is 0 Å². The predicted molar refractivity (Wildman–Crippen MR) is 85.5 cm³/mol. The Bertz CT molecular complexity index is 272. The van der Waals surface area contributed by atoms with Gasteiger partial charge in [0, 0.05) is 26.2 Å². The monoisotopic (exact) mass is 366 g/mol. The van der Waals surface area contributed by atoms with Crippen LogP contribution in [0.1, 0.15) is 6.92 Å². The fraction of sp³-hybridized carbons (Fsp3) is 0.750. The molecule has 1 rings (SSSR count). The molecule has 0 aromatic heterocycles. The van der Waals surface area contributed by atoms with Crippen LogP contribution in [0.3, 0.4) is 0 Å². The lowest BCUT2D eigenvalue weighted by molar-refractivity contribution is 0.0394. The third kappa shape index (κ3) is 7.74. The van der Waals surface area contributed by atoms with Crippen LogP contribution in [0, 0.1) is 12.3 Å². The van der Waals surface area contributed by atoms with Crippen LogP contribution in [0.25, 0.3) is 0 Å². The van der Waals surface area contributed by atoms with Gasteiger partial charge in [-0.3, -0.25) is 9.89 Å². The number of ether oxygens (including phenoxy) is 1. The minimum absolute atomic E-state index is 0. The summed E-state index contributed by atoms with van der Waals surface area (Å²) in [5, 5.41) is 6.22. The molecule has 1 fully saturated rings. The number of aliphatic imine (C=N–C) groups is 1. The fourth-order valence-corrected chi connectivity index (χ4v) is 1.60. The molecular weight excluding hydrogens is 343 g/mol. The summed E-state index contributed by atoms with van der Waals surface area (Å²) in [6, 6.07) is 0. The van der Waals surface area contributed by atoms with E-state index in [0.717, 1.165) is 51.9 Å². The molecule has 0 spiro atoms. The number of guanidine groups is 1. The molecule has 1 saturated heterocycles. The largest absolute Gasteiger partial charge is 0.379 e. The summed E-state index contributed by atoms with van der Waals surface area (Å²) in [4.78, 5) is 6.82. The van der Waals surface area contributed by atoms with Crippen LogP contribution in [0.2, 0.25) is 0 Å². The molecule has 0 amide bonds. The van der Waals surface area contributed by atoms with E-state index in [4.69, 9.17) is 11.2 Å². The number of nitrogens with zero attached hydrogens (tertiary/aromatic N) is 2. The Morgan fingerprint density at radius 2 is 2.11 bits per heavy atom. The second-order valence-electron chi connectivity index (χ2n) is 3.77. The Hall–Kier alpha value is -0.520. The summed E-state index contributed by atoms with van der Waals surface area (Å²) in [6.45, 7) is 8.80. The van der Waals surface area contributed by atoms with Crippen molar-refractivity contribution in [2.75, 3.05) is 52.5 Å². The maximum atomic E-state index is 5.29. The lowest BCUT2D eigenvalue weighted by Crippen LogP contribution is -2.40. The van der Waals surface area contributed by atoms with Gasteiger partial charge >= 0.3 is 0 Å². The van der Waals surface area contributed by atoms with Crippen LogP contribution in [0.5, 0.6) is 0 Å². The molecule has 0 unspecified atom stereocenters. The molecule has 1 aliphatic rings. The highest BCUT2D eigenvalue weighted by Gasteiger charge is 2.08. The zero-order valence-electron chi connectivity index (χ0n) is 10.9. The quantitative estimate of drug-likeness (QED) is 0.314. The average Bonchev–Trinajstić information content (AvgIpc) is 2.37. The minimum Gasteiger partial charge on any atom is -0.379 e. The van der Waals surface area contributed by atoms with Crippen molar-refractivity contribution < 1.29 is 4.74 Å². The van der Waals surface area contributed by atoms with Crippen molar-refractivity contribution in [2.45, 2.75) is 6.92 Å². The van der Waals surface area contributed by atoms with Gasteiger partial charge in [0.15, 0.2) is 5.96 Å². The van der Waals surface area contributed by atoms with E-state index in [2.05, 4.69) is 26.4 Å². The van der Waals surface area contributed by atoms with Crippen molar-refractivity contribution >= 4 is 29.9 Å². The van der Waals surface area contributed by atoms with Crippen LogP contribution >= 0.6 is 24.0 Å². The molecule has 104 valence electrons. The molecule has 0 aliphatic carbocycles. The zero-order valence-corrected chi connectivity index (χ0v) is 13.3. The number of terminal acetylenes is 1. The number of hydrogen-bond donors (Lipinski definition) is 2. The Labute approximate surface area is 127 Å². The van der Waals surface area contributed by atoms with E-state index in [1.165, 1.54) is 0 Å². The molecule has 0 atom stereocenters. The van der Waals surface area contributed by atoms with Gasteiger partial charge in [-0.2, -0.15) is 0 Å². The Balaban J connectivity index is 0.00000289. The normalized spacial score (nSPS) is 16.6.